The average Bonchev–Trinajstić information content (AvgIpc) is 2.61. The highest BCUT2D eigenvalue weighted by molar-refractivity contribution is 5.90. The van der Waals surface area contributed by atoms with Gasteiger partial charge < -0.3 is 16.0 Å². The van der Waals surface area contributed by atoms with E-state index in [2.05, 4.69) is 20.9 Å². The summed E-state index contributed by atoms with van der Waals surface area (Å²) >= 11 is 0. The fourth-order valence-corrected chi connectivity index (χ4v) is 2.30. The number of pyridine rings is 1. The molecule has 0 saturated carbocycles. The predicted molar refractivity (Wildman–Crippen MR) is 98.1 cm³/mol. The number of nitrogens with zero attached hydrogens (tertiary/aromatic N) is 1. The summed E-state index contributed by atoms with van der Waals surface area (Å²) in [7, 11) is 0. The van der Waals surface area contributed by atoms with Gasteiger partial charge in [0.15, 0.2) is 0 Å². The fourth-order valence-electron chi connectivity index (χ4n) is 2.30. The van der Waals surface area contributed by atoms with Crippen molar-refractivity contribution in [1.29, 1.82) is 0 Å². The summed E-state index contributed by atoms with van der Waals surface area (Å²) < 4.78 is 0. The smallest absolute Gasteiger partial charge is 0.315 e. The molecule has 0 aliphatic rings. The molecule has 3 N–H and O–H groups in total. The summed E-state index contributed by atoms with van der Waals surface area (Å²) in [5.41, 5.74) is 3.60. The standard InChI is InChI=1S/C19H24N4O2/c1-4-18(24)23-16-9-7-15(8-10-16)14(3)22-19(25)21-12-17-13(2)6-5-11-20-17/h5-11,14H,4,12H2,1-3H3,(H,23,24)(H2,21,22,25)/t14-/m1/s1. The van der Waals surface area contributed by atoms with Gasteiger partial charge in [-0.05, 0) is 43.2 Å². The van der Waals surface area contributed by atoms with Crippen molar-refractivity contribution in [2.75, 3.05) is 5.32 Å². The summed E-state index contributed by atoms with van der Waals surface area (Å²) in [4.78, 5) is 27.7. The van der Waals surface area contributed by atoms with E-state index in [1.54, 1.807) is 13.1 Å². The summed E-state index contributed by atoms with van der Waals surface area (Å²) in [5.74, 6) is -0.0249. The molecule has 3 amide bonds. The molecule has 1 heterocycles. The maximum atomic E-state index is 12.1. The summed E-state index contributed by atoms with van der Waals surface area (Å²) in [6, 6.07) is 10.9. The van der Waals surface area contributed by atoms with Gasteiger partial charge in [-0.25, -0.2) is 4.79 Å². The van der Waals surface area contributed by atoms with Gasteiger partial charge in [0.25, 0.3) is 0 Å². The van der Waals surface area contributed by atoms with Crippen LogP contribution in [0.5, 0.6) is 0 Å². The van der Waals surface area contributed by atoms with Crippen molar-refractivity contribution < 1.29 is 9.59 Å². The molecule has 25 heavy (non-hydrogen) atoms. The van der Waals surface area contributed by atoms with Crippen LogP contribution in [0.4, 0.5) is 10.5 Å². The number of hydrogen-bond acceptors (Lipinski definition) is 3. The Morgan fingerprint density at radius 2 is 1.88 bits per heavy atom. The van der Waals surface area contributed by atoms with Crippen LogP contribution in [0.3, 0.4) is 0 Å². The lowest BCUT2D eigenvalue weighted by atomic mass is 10.1. The molecule has 132 valence electrons. The van der Waals surface area contributed by atoms with Crippen LogP contribution in [0.25, 0.3) is 0 Å². The normalized spacial score (nSPS) is 11.5. The summed E-state index contributed by atoms with van der Waals surface area (Å²) in [5, 5.41) is 8.50. The van der Waals surface area contributed by atoms with E-state index in [1.165, 1.54) is 0 Å². The Labute approximate surface area is 148 Å². The Balaban J connectivity index is 1.86. The lowest BCUT2D eigenvalue weighted by Crippen LogP contribution is -2.36. The van der Waals surface area contributed by atoms with Gasteiger partial charge in [-0.1, -0.05) is 25.1 Å². The van der Waals surface area contributed by atoms with Crippen molar-refractivity contribution >= 4 is 17.6 Å². The number of rotatable bonds is 6. The number of aromatic nitrogens is 1. The highest BCUT2D eigenvalue weighted by Gasteiger charge is 2.10. The second-order valence-corrected chi connectivity index (χ2v) is 5.84. The van der Waals surface area contributed by atoms with Crippen LogP contribution in [0.15, 0.2) is 42.6 Å². The minimum atomic E-state index is -0.249. The van der Waals surface area contributed by atoms with Crippen molar-refractivity contribution in [3.8, 4) is 0 Å². The van der Waals surface area contributed by atoms with Crippen molar-refractivity contribution in [3.05, 3.63) is 59.4 Å². The molecule has 1 atom stereocenters. The van der Waals surface area contributed by atoms with Crippen LogP contribution in [-0.2, 0) is 11.3 Å². The van der Waals surface area contributed by atoms with Gasteiger partial charge in [-0.3, -0.25) is 9.78 Å². The van der Waals surface area contributed by atoms with Crippen LogP contribution >= 0.6 is 0 Å². The number of carbonyl (C=O) groups excluding carboxylic acids is 2. The predicted octanol–water partition coefficient (Wildman–Crippen LogP) is 3.30. The first kappa shape index (κ1) is 18.4. The molecular weight excluding hydrogens is 316 g/mol. The zero-order chi connectivity index (χ0) is 18.2. The Kier molecular flexibility index (Phi) is 6.51. The fraction of sp³-hybridized carbons (Fsp3) is 0.316. The van der Waals surface area contributed by atoms with E-state index in [1.807, 2.05) is 50.2 Å². The van der Waals surface area contributed by atoms with Gasteiger partial charge in [0.2, 0.25) is 5.91 Å². The molecule has 6 heteroatoms. The van der Waals surface area contributed by atoms with Gasteiger partial charge in [0.1, 0.15) is 0 Å². The Morgan fingerprint density at radius 3 is 2.52 bits per heavy atom. The third-order valence-corrected chi connectivity index (χ3v) is 3.90. The van der Waals surface area contributed by atoms with E-state index in [0.29, 0.717) is 13.0 Å². The van der Waals surface area contributed by atoms with Crippen molar-refractivity contribution in [2.24, 2.45) is 0 Å². The molecule has 0 bridgehead atoms. The number of carbonyl (C=O) groups is 2. The Morgan fingerprint density at radius 1 is 1.16 bits per heavy atom. The number of amides is 3. The topological polar surface area (TPSA) is 83.1 Å². The Bertz CT molecular complexity index is 728. The molecule has 0 aliphatic carbocycles. The highest BCUT2D eigenvalue weighted by atomic mass is 16.2. The third-order valence-electron chi connectivity index (χ3n) is 3.90. The van der Waals surface area contributed by atoms with Crippen LogP contribution in [0, 0.1) is 6.92 Å². The third kappa shape index (κ3) is 5.60. The first-order chi connectivity index (χ1) is 12.0. The van der Waals surface area contributed by atoms with Crippen LogP contribution in [0.1, 0.15) is 43.1 Å². The molecule has 0 saturated heterocycles. The number of benzene rings is 1. The molecule has 0 unspecified atom stereocenters. The second-order valence-electron chi connectivity index (χ2n) is 5.84. The molecule has 0 aliphatic heterocycles. The summed E-state index contributed by atoms with van der Waals surface area (Å²) in [6.45, 7) is 6.06. The van der Waals surface area contributed by atoms with E-state index >= 15 is 0 Å². The monoisotopic (exact) mass is 340 g/mol. The van der Waals surface area contributed by atoms with Crippen LogP contribution in [-0.4, -0.2) is 16.9 Å². The molecular formula is C19H24N4O2. The number of urea groups is 1. The number of anilines is 1. The van der Waals surface area contributed by atoms with E-state index in [0.717, 1.165) is 22.5 Å². The van der Waals surface area contributed by atoms with Crippen molar-refractivity contribution in [1.82, 2.24) is 15.6 Å². The van der Waals surface area contributed by atoms with Gasteiger partial charge >= 0.3 is 6.03 Å². The molecule has 1 aromatic heterocycles. The van der Waals surface area contributed by atoms with Crippen LogP contribution < -0.4 is 16.0 Å². The van der Waals surface area contributed by atoms with Crippen molar-refractivity contribution in [3.63, 3.8) is 0 Å². The lowest BCUT2D eigenvalue weighted by molar-refractivity contribution is -0.115. The largest absolute Gasteiger partial charge is 0.332 e. The molecule has 0 radical (unpaired) electrons. The van der Waals surface area contributed by atoms with E-state index < -0.39 is 0 Å². The molecule has 0 fully saturated rings. The maximum absolute atomic E-state index is 12.1. The Hall–Kier alpha value is -2.89. The quantitative estimate of drug-likeness (QED) is 0.754. The van der Waals surface area contributed by atoms with E-state index in [4.69, 9.17) is 0 Å². The second kappa shape index (κ2) is 8.82. The van der Waals surface area contributed by atoms with Gasteiger partial charge in [0, 0.05) is 18.3 Å². The van der Waals surface area contributed by atoms with Gasteiger partial charge in [-0.15, -0.1) is 0 Å². The highest BCUT2D eigenvalue weighted by Crippen LogP contribution is 2.16. The number of hydrogen-bond donors (Lipinski definition) is 3. The average molecular weight is 340 g/mol. The SMILES string of the molecule is CCC(=O)Nc1ccc([C@@H](C)NC(=O)NCc2ncccc2C)cc1. The molecule has 2 rings (SSSR count). The van der Waals surface area contributed by atoms with Gasteiger partial charge in [0.05, 0.1) is 18.3 Å². The van der Waals surface area contributed by atoms with E-state index in [-0.39, 0.29) is 18.0 Å². The first-order valence-electron chi connectivity index (χ1n) is 8.34. The molecule has 1 aromatic carbocycles. The molecule has 2 aromatic rings. The zero-order valence-electron chi connectivity index (χ0n) is 14.8. The summed E-state index contributed by atoms with van der Waals surface area (Å²) in [6.07, 6.45) is 2.15. The maximum Gasteiger partial charge on any atom is 0.315 e. The van der Waals surface area contributed by atoms with Crippen LogP contribution in [0.2, 0.25) is 0 Å². The van der Waals surface area contributed by atoms with E-state index in [9.17, 15) is 9.59 Å². The molecule has 6 nitrogen and oxygen atoms in total. The molecule has 0 spiro atoms. The van der Waals surface area contributed by atoms with Gasteiger partial charge in [-0.2, -0.15) is 0 Å². The minimum Gasteiger partial charge on any atom is -0.332 e. The number of nitrogens with one attached hydrogen (secondary N) is 3. The zero-order valence-corrected chi connectivity index (χ0v) is 14.8. The number of aryl methyl sites for hydroxylation is 1. The lowest BCUT2D eigenvalue weighted by Gasteiger charge is -2.16. The first-order valence-corrected chi connectivity index (χ1v) is 8.34. The van der Waals surface area contributed by atoms with Crippen molar-refractivity contribution in [2.45, 2.75) is 39.8 Å². The minimum absolute atomic E-state index is 0.0249.